The van der Waals surface area contributed by atoms with Crippen molar-refractivity contribution in [3.63, 3.8) is 0 Å². The van der Waals surface area contributed by atoms with E-state index in [9.17, 15) is 0 Å². The molecule has 1 aliphatic rings. The summed E-state index contributed by atoms with van der Waals surface area (Å²) in [4.78, 5) is 11.7. The van der Waals surface area contributed by atoms with Crippen LogP contribution in [-0.2, 0) is 4.74 Å². The fraction of sp³-hybridized carbons (Fsp3) is 0.238. The van der Waals surface area contributed by atoms with E-state index in [1.165, 1.54) is 0 Å². The minimum absolute atomic E-state index is 0.214. The zero-order valence-corrected chi connectivity index (χ0v) is 15.2. The van der Waals surface area contributed by atoms with Gasteiger partial charge in [-0.25, -0.2) is 9.98 Å². The maximum absolute atomic E-state index is 5.83. The summed E-state index contributed by atoms with van der Waals surface area (Å²) < 4.78 is 5.83. The van der Waals surface area contributed by atoms with Crippen molar-refractivity contribution in [1.29, 1.82) is 0 Å². The molecule has 0 saturated heterocycles. The molecule has 5 heteroatoms. The molecule has 3 aromatic rings. The molecule has 0 amide bonds. The highest BCUT2D eigenvalue weighted by molar-refractivity contribution is 6.03. The first kappa shape index (κ1) is 16.4. The molecule has 5 nitrogen and oxygen atoms in total. The zero-order chi connectivity index (χ0) is 18.1. The first-order valence-corrected chi connectivity index (χ1v) is 8.80. The van der Waals surface area contributed by atoms with Crippen LogP contribution in [0, 0.1) is 0 Å². The molecular weight excluding hydrogens is 324 g/mol. The van der Waals surface area contributed by atoms with Gasteiger partial charge in [0, 0.05) is 25.2 Å². The Morgan fingerprint density at radius 2 is 1.85 bits per heavy atom. The van der Waals surface area contributed by atoms with Gasteiger partial charge >= 0.3 is 0 Å². The van der Waals surface area contributed by atoms with Crippen LogP contribution in [0.2, 0.25) is 0 Å². The Kier molecular flexibility index (Phi) is 4.21. The molecule has 132 valence electrons. The summed E-state index contributed by atoms with van der Waals surface area (Å²) in [5.41, 5.74) is 4.10. The number of anilines is 2. The van der Waals surface area contributed by atoms with Gasteiger partial charge in [-0.2, -0.15) is 0 Å². The third-order valence-electron chi connectivity index (χ3n) is 4.48. The largest absolute Gasteiger partial charge is 0.478 e. The van der Waals surface area contributed by atoms with Crippen molar-refractivity contribution in [2.45, 2.75) is 13.1 Å². The molecule has 1 atom stereocenters. The summed E-state index contributed by atoms with van der Waals surface area (Å²) in [6.45, 7) is 2.54. The van der Waals surface area contributed by atoms with Gasteiger partial charge in [-0.05, 0) is 36.8 Å². The molecule has 0 saturated carbocycles. The molecular formula is C21H22N4O. The summed E-state index contributed by atoms with van der Waals surface area (Å²) in [6.07, 6.45) is -0.214. The van der Waals surface area contributed by atoms with Crippen molar-refractivity contribution in [1.82, 2.24) is 4.98 Å². The van der Waals surface area contributed by atoms with Crippen molar-refractivity contribution in [3.05, 3.63) is 65.7 Å². The van der Waals surface area contributed by atoms with Crippen molar-refractivity contribution in [2.24, 2.45) is 4.99 Å². The van der Waals surface area contributed by atoms with Crippen LogP contribution >= 0.6 is 0 Å². The molecule has 4 rings (SSSR count). The van der Waals surface area contributed by atoms with E-state index >= 15 is 0 Å². The fourth-order valence-corrected chi connectivity index (χ4v) is 3.10. The average Bonchev–Trinajstić information content (AvgIpc) is 2.66. The second kappa shape index (κ2) is 6.67. The molecule has 2 aromatic carbocycles. The molecule has 0 radical (unpaired) electrons. The average molecular weight is 346 g/mol. The number of nitrogens with zero attached hydrogens (tertiary/aromatic N) is 3. The van der Waals surface area contributed by atoms with E-state index < -0.39 is 0 Å². The first-order chi connectivity index (χ1) is 12.7. The summed E-state index contributed by atoms with van der Waals surface area (Å²) >= 11 is 0. The van der Waals surface area contributed by atoms with Crippen LogP contribution in [0.1, 0.15) is 24.2 Å². The summed E-state index contributed by atoms with van der Waals surface area (Å²) in [7, 11) is 4.06. The van der Waals surface area contributed by atoms with E-state index in [1.807, 2.05) is 39.2 Å². The van der Waals surface area contributed by atoms with Crippen LogP contribution in [0.15, 0.2) is 59.6 Å². The lowest BCUT2D eigenvalue weighted by atomic mass is 10.1. The SMILES string of the molecule is CCOC1=NC(c2ccc(N(C)C)cc2)Nc2nc3ccccc3cc21. The number of pyridine rings is 1. The third kappa shape index (κ3) is 2.96. The summed E-state index contributed by atoms with van der Waals surface area (Å²) in [5, 5.41) is 4.53. The van der Waals surface area contributed by atoms with E-state index in [4.69, 9.17) is 14.7 Å². The Morgan fingerprint density at radius 3 is 2.58 bits per heavy atom. The number of rotatable bonds is 3. The number of para-hydroxylation sites is 1. The second-order valence-corrected chi connectivity index (χ2v) is 6.48. The molecule has 0 bridgehead atoms. The highest BCUT2D eigenvalue weighted by Crippen LogP contribution is 2.31. The van der Waals surface area contributed by atoms with Gasteiger partial charge in [0.25, 0.3) is 0 Å². The van der Waals surface area contributed by atoms with Crippen LogP contribution in [0.5, 0.6) is 0 Å². The normalized spacial score (nSPS) is 15.8. The Morgan fingerprint density at radius 1 is 1.08 bits per heavy atom. The number of aromatic nitrogens is 1. The van der Waals surface area contributed by atoms with E-state index in [0.717, 1.165) is 33.5 Å². The van der Waals surface area contributed by atoms with Gasteiger partial charge in [-0.1, -0.05) is 30.3 Å². The molecule has 1 aliphatic heterocycles. The maximum atomic E-state index is 5.83. The van der Waals surface area contributed by atoms with Crippen LogP contribution < -0.4 is 10.2 Å². The van der Waals surface area contributed by atoms with Crippen molar-refractivity contribution in [3.8, 4) is 0 Å². The maximum Gasteiger partial charge on any atom is 0.222 e. The van der Waals surface area contributed by atoms with Gasteiger partial charge in [0.05, 0.1) is 17.7 Å². The van der Waals surface area contributed by atoms with E-state index in [2.05, 4.69) is 46.6 Å². The number of aliphatic imine (C=N–C) groups is 1. The Labute approximate surface area is 153 Å². The zero-order valence-electron chi connectivity index (χ0n) is 15.2. The Bertz CT molecular complexity index is 963. The number of nitrogens with one attached hydrogen (secondary N) is 1. The number of ether oxygens (including phenoxy) is 1. The summed E-state index contributed by atoms with van der Waals surface area (Å²) in [5.74, 6) is 1.45. The molecule has 26 heavy (non-hydrogen) atoms. The quantitative estimate of drug-likeness (QED) is 0.772. The molecule has 0 spiro atoms. The molecule has 0 aliphatic carbocycles. The van der Waals surface area contributed by atoms with Gasteiger partial charge in [-0.15, -0.1) is 0 Å². The third-order valence-corrected chi connectivity index (χ3v) is 4.48. The van der Waals surface area contributed by atoms with Crippen LogP contribution in [0.25, 0.3) is 10.9 Å². The van der Waals surface area contributed by atoms with Gasteiger partial charge in [-0.3, -0.25) is 0 Å². The van der Waals surface area contributed by atoms with Gasteiger partial charge in [0.15, 0.2) is 0 Å². The minimum atomic E-state index is -0.214. The summed E-state index contributed by atoms with van der Waals surface area (Å²) in [6, 6.07) is 18.5. The topological polar surface area (TPSA) is 49.8 Å². The van der Waals surface area contributed by atoms with E-state index in [0.29, 0.717) is 12.5 Å². The van der Waals surface area contributed by atoms with Crippen LogP contribution in [0.3, 0.4) is 0 Å². The Balaban J connectivity index is 1.76. The standard InChI is InChI=1S/C21H22N4O/c1-4-26-21-17-13-15-7-5-6-8-18(15)22-20(17)23-19(24-21)14-9-11-16(12-10-14)25(2)3/h5-13,19H,4H2,1-3H3,(H,22,23). The number of hydrogen-bond donors (Lipinski definition) is 1. The fourth-order valence-electron chi connectivity index (χ4n) is 3.10. The predicted octanol–water partition coefficient (Wildman–Crippen LogP) is 4.21. The van der Waals surface area contributed by atoms with Gasteiger partial charge < -0.3 is 15.0 Å². The molecule has 0 fully saturated rings. The number of hydrogen-bond acceptors (Lipinski definition) is 5. The van der Waals surface area contributed by atoms with Crippen LogP contribution in [0.4, 0.5) is 11.5 Å². The monoisotopic (exact) mass is 346 g/mol. The van der Waals surface area contributed by atoms with Gasteiger partial charge in [0.2, 0.25) is 5.90 Å². The number of benzene rings is 2. The Hall–Kier alpha value is -3.08. The van der Waals surface area contributed by atoms with Crippen molar-refractivity contribution < 1.29 is 4.74 Å². The number of fused-ring (bicyclic) bond motifs is 2. The highest BCUT2D eigenvalue weighted by Gasteiger charge is 2.24. The molecule has 1 unspecified atom stereocenters. The highest BCUT2D eigenvalue weighted by atomic mass is 16.5. The molecule has 1 N–H and O–H groups in total. The first-order valence-electron chi connectivity index (χ1n) is 8.80. The lowest BCUT2D eigenvalue weighted by Crippen LogP contribution is -2.23. The smallest absolute Gasteiger partial charge is 0.222 e. The van der Waals surface area contributed by atoms with Crippen LogP contribution in [-0.4, -0.2) is 31.6 Å². The van der Waals surface area contributed by atoms with Crippen molar-refractivity contribution in [2.75, 3.05) is 30.9 Å². The molecule has 2 heterocycles. The van der Waals surface area contributed by atoms with E-state index in [-0.39, 0.29) is 6.17 Å². The lowest BCUT2D eigenvalue weighted by Gasteiger charge is -2.25. The minimum Gasteiger partial charge on any atom is -0.478 e. The lowest BCUT2D eigenvalue weighted by molar-refractivity contribution is 0.324. The predicted molar refractivity (Wildman–Crippen MR) is 107 cm³/mol. The second-order valence-electron chi connectivity index (χ2n) is 6.48. The molecule has 1 aromatic heterocycles. The van der Waals surface area contributed by atoms with Gasteiger partial charge in [0.1, 0.15) is 12.0 Å². The van der Waals surface area contributed by atoms with E-state index in [1.54, 1.807) is 0 Å². The van der Waals surface area contributed by atoms with Crippen molar-refractivity contribution >= 4 is 28.3 Å².